The molecule has 0 unspecified atom stereocenters. The fourth-order valence-electron chi connectivity index (χ4n) is 4.67. The van der Waals surface area contributed by atoms with Crippen LogP contribution in [0.15, 0.2) is 48.8 Å². The van der Waals surface area contributed by atoms with Crippen molar-refractivity contribution in [3.05, 3.63) is 48.8 Å². The van der Waals surface area contributed by atoms with Gasteiger partial charge < -0.3 is 14.8 Å². The minimum absolute atomic E-state index is 0.788. The van der Waals surface area contributed by atoms with E-state index in [4.69, 9.17) is 0 Å². The maximum absolute atomic E-state index is 4.51. The van der Waals surface area contributed by atoms with Gasteiger partial charge in [-0.05, 0) is 62.8 Å². The lowest BCUT2D eigenvalue weighted by Gasteiger charge is -2.42. The van der Waals surface area contributed by atoms with Crippen molar-refractivity contribution in [1.29, 1.82) is 0 Å². The quantitative estimate of drug-likeness (QED) is 0.761. The summed E-state index contributed by atoms with van der Waals surface area (Å²) in [6.45, 7) is 7.12. The Morgan fingerprint density at radius 3 is 2.39 bits per heavy atom. The van der Waals surface area contributed by atoms with Crippen LogP contribution in [0.2, 0.25) is 0 Å². The second kappa shape index (κ2) is 7.57. The molecule has 0 saturated carbocycles. The molecule has 2 fully saturated rings. The van der Waals surface area contributed by atoms with E-state index in [0.29, 0.717) is 0 Å². The predicted molar refractivity (Wildman–Crippen MR) is 116 cm³/mol. The summed E-state index contributed by atoms with van der Waals surface area (Å²) < 4.78 is 0. The summed E-state index contributed by atoms with van der Waals surface area (Å²) in [5, 5.41) is 1.16. The highest BCUT2D eigenvalue weighted by atomic mass is 15.3. The van der Waals surface area contributed by atoms with Crippen LogP contribution in [-0.2, 0) is 0 Å². The number of aromatic nitrogens is 2. The summed E-state index contributed by atoms with van der Waals surface area (Å²) in [6, 6.07) is 14.1. The maximum atomic E-state index is 4.51. The molecule has 1 N–H and O–H groups in total. The lowest BCUT2D eigenvalue weighted by atomic mass is 10.0. The molecule has 0 bridgehead atoms. The summed E-state index contributed by atoms with van der Waals surface area (Å²) >= 11 is 0. The van der Waals surface area contributed by atoms with Crippen molar-refractivity contribution >= 4 is 16.7 Å². The third-order valence-electron chi connectivity index (χ3n) is 6.48. The highest BCUT2D eigenvalue weighted by Gasteiger charge is 2.26. The summed E-state index contributed by atoms with van der Waals surface area (Å²) in [5.74, 6) is 0. The first kappa shape index (κ1) is 17.7. The number of benzene rings is 1. The van der Waals surface area contributed by atoms with Crippen molar-refractivity contribution in [3.63, 3.8) is 0 Å². The summed E-state index contributed by atoms with van der Waals surface area (Å²) in [6.07, 6.45) is 6.54. The van der Waals surface area contributed by atoms with E-state index in [9.17, 15) is 0 Å². The minimum Gasteiger partial charge on any atom is -0.369 e. The van der Waals surface area contributed by atoms with Crippen molar-refractivity contribution < 1.29 is 0 Å². The third kappa shape index (κ3) is 3.52. The highest BCUT2D eigenvalue weighted by Crippen LogP contribution is 2.26. The molecule has 2 saturated heterocycles. The maximum Gasteiger partial charge on any atom is 0.137 e. The number of pyridine rings is 1. The van der Waals surface area contributed by atoms with Crippen LogP contribution in [0.5, 0.6) is 0 Å². The number of hydrogen-bond donors (Lipinski definition) is 1. The average molecular weight is 376 g/mol. The number of piperazine rings is 1. The number of rotatable bonds is 3. The lowest BCUT2D eigenvalue weighted by molar-refractivity contribution is 0.115. The smallest absolute Gasteiger partial charge is 0.137 e. The Bertz CT molecular complexity index is 916. The molecule has 3 aromatic rings. The second-order valence-corrected chi connectivity index (χ2v) is 8.24. The molecule has 0 atom stereocenters. The van der Waals surface area contributed by atoms with E-state index in [0.717, 1.165) is 30.2 Å². The van der Waals surface area contributed by atoms with Crippen LogP contribution in [0.1, 0.15) is 12.8 Å². The molecule has 5 rings (SSSR count). The van der Waals surface area contributed by atoms with Gasteiger partial charge in [-0.1, -0.05) is 12.1 Å². The third-order valence-corrected chi connectivity index (χ3v) is 6.48. The van der Waals surface area contributed by atoms with Crippen LogP contribution < -0.4 is 4.90 Å². The van der Waals surface area contributed by atoms with E-state index >= 15 is 0 Å². The number of nitrogens with zero attached hydrogens (tertiary/aromatic N) is 4. The molecular weight excluding hydrogens is 346 g/mol. The Hall–Kier alpha value is -2.37. The number of likely N-dealkylation sites (tertiary alicyclic amines) is 1. The lowest BCUT2D eigenvalue weighted by Crippen LogP contribution is -2.52. The van der Waals surface area contributed by atoms with Crippen LogP contribution in [0, 0.1) is 0 Å². The molecule has 0 spiro atoms. The highest BCUT2D eigenvalue weighted by molar-refractivity contribution is 5.81. The molecule has 28 heavy (non-hydrogen) atoms. The largest absolute Gasteiger partial charge is 0.369 e. The van der Waals surface area contributed by atoms with Crippen molar-refractivity contribution in [2.75, 3.05) is 51.2 Å². The van der Waals surface area contributed by atoms with E-state index in [-0.39, 0.29) is 0 Å². The molecule has 146 valence electrons. The molecule has 0 amide bonds. The molecule has 2 aliphatic heterocycles. The zero-order valence-corrected chi connectivity index (χ0v) is 16.6. The Labute approximate surface area is 167 Å². The van der Waals surface area contributed by atoms with Crippen LogP contribution >= 0.6 is 0 Å². The van der Waals surface area contributed by atoms with Gasteiger partial charge in [0.15, 0.2) is 0 Å². The van der Waals surface area contributed by atoms with Crippen LogP contribution in [0.25, 0.3) is 22.2 Å². The van der Waals surface area contributed by atoms with E-state index in [1.807, 2.05) is 12.4 Å². The fraction of sp³-hybridized carbons (Fsp3) is 0.435. The van der Waals surface area contributed by atoms with Gasteiger partial charge in [-0.15, -0.1) is 0 Å². The Morgan fingerprint density at radius 2 is 1.64 bits per heavy atom. The number of piperidine rings is 1. The van der Waals surface area contributed by atoms with Crippen LogP contribution in [0.3, 0.4) is 0 Å². The monoisotopic (exact) mass is 375 g/mol. The predicted octanol–water partition coefficient (Wildman–Crippen LogP) is 3.45. The van der Waals surface area contributed by atoms with Gasteiger partial charge in [0.05, 0.1) is 0 Å². The number of H-pyrrole nitrogens is 1. The van der Waals surface area contributed by atoms with Crippen molar-refractivity contribution in [3.8, 4) is 11.1 Å². The molecule has 5 nitrogen and oxygen atoms in total. The average Bonchev–Trinajstić information content (AvgIpc) is 3.23. The molecule has 0 aliphatic carbocycles. The SMILES string of the molecule is CN1CCC(N2CCN(c3ccc(-c4cnc5[nH]ccc5c4)cc3)CC2)CC1. The minimum atomic E-state index is 0.788. The normalized spacial score (nSPS) is 20.1. The second-order valence-electron chi connectivity index (χ2n) is 8.24. The molecule has 0 radical (unpaired) electrons. The zero-order chi connectivity index (χ0) is 18.9. The van der Waals surface area contributed by atoms with Gasteiger partial charge in [-0.25, -0.2) is 4.98 Å². The molecule has 2 aliphatic rings. The first-order valence-corrected chi connectivity index (χ1v) is 10.5. The number of aromatic amines is 1. The van der Waals surface area contributed by atoms with Gasteiger partial charge in [0.2, 0.25) is 0 Å². The van der Waals surface area contributed by atoms with Crippen LogP contribution in [0.4, 0.5) is 5.69 Å². The van der Waals surface area contributed by atoms with Crippen molar-refractivity contribution in [1.82, 2.24) is 19.8 Å². The summed E-state index contributed by atoms with van der Waals surface area (Å²) in [7, 11) is 2.24. The standard InChI is InChI=1S/C23H29N5/c1-26-10-7-22(8-11-26)28-14-12-27(13-15-28)21-4-2-18(3-5-21)20-16-19-6-9-24-23(19)25-17-20/h2-6,9,16-17,22H,7-8,10-15H2,1H3,(H,24,25). The first-order valence-electron chi connectivity index (χ1n) is 10.5. The Morgan fingerprint density at radius 1 is 0.893 bits per heavy atom. The number of hydrogen-bond acceptors (Lipinski definition) is 4. The Kier molecular flexibility index (Phi) is 4.79. The molecule has 5 heteroatoms. The van der Waals surface area contributed by atoms with E-state index in [1.54, 1.807) is 0 Å². The molecule has 1 aromatic carbocycles. The van der Waals surface area contributed by atoms with E-state index < -0.39 is 0 Å². The number of fused-ring (bicyclic) bond motifs is 1. The fourth-order valence-corrected chi connectivity index (χ4v) is 4.67. The molecule has 4 heterocycles. The van der Waals surface area contributed by atoms with Gasteiger partial charge in [0.1, 0.15) is 5.65 Å². The van der Waals surface area contributed by atoms with E-state index in [1.165, 1.54) is 55.8 Å². The molecular formula is C23H29N5. The zero-order valence-electron chi connectivity index (χ0n) is 16.6. The first-order chi connectivity index (χ1) is 13.8. The van der Waals surface area contributed by atoms with Crippen molar-refractivity contribution in [2.24, 2.45) is 0 Å². The van der Waals surface area contributed by atoms with Crippen LogP contribution in [-0.4, -0.2) is 72.1 Å². The Balaban J connectivity index is 1.23. The number of anilines is 1. The van der Waals surface area contributed by atoms with Crippen molar-refractivity contribution in [2.45, 2.75) is 18.9 Å². The van der Waals surface area contributed by atoms with Gasteiger partial charge in [-0.3, -0.25) is 4.90 Å². The van der Waals surface area contributed by atoms with E-state index in [2.05, 4.69) is 68.1 Å². The summed E-state index contributed by atoms with van der Waals surface area (Å²) in [4.78, 5) is 15.4. The summed E-state index contributed by atoms with van der Waals surface area (Å²) in [5.41, 5.74) is 4.68. The van der Waals surface area contributed by atoms with Gasteiger partial charge in [-0.2, -0.15) is 0 Å². The van der Waals surface area contributed by atoms with Gasteiger partial charge in [0, 0.05) is 61.3 Å². The molecule has 2 aromatic heterocycles. The van der Waals surface area contributed by atoms with Gasteiger partial charge in [0.25, 0.3) is 0 Å². The topological polar surface area (TPSA) is 38.4 Å². The van der Waals surface area contributed by atoms with Gasteiger partial charge >= 0.3 is 0 Å². The number of nitrogens with one attached hydrogen (secondary N) is 1.